The van der Waals surface area contributed by atoms with Gasteiger partial charge in [0, 0.05) is 44.6 Å². The molecule has 324 valence electrons. The maximum atomic E-state index is 13.3. The van der Waals surface area contributed by atoms with Gasteiger partial charge in [0.25, 0.3) is 0 Å². The molecule has 12 rings (SSSR count). The number of hydrogen-bond acceptors (Lipinski definition) is 12. The van der Waals surface area contributed by atoms with E-state index in [1.165, 1.54) is 0 Å². The lowest BCUT2D eigenvalue weighted by atomic mass is 9.59. The largest absolute Gasteiger partial charge is 0.496 e. The molecule has 0 N–H and O–H groups in total. The summed E-state index contributed by atoms with van der Waals surface area (Å²) in [6.07, 6.45) is 2.88. The molecule has 0 radical (unpaired) electrons. The van der Waals surface area contributed by atoms with Crippen molar-refractivity contribution in [3.05, 3.63) is 90.7 Å². The van der Waals surface area contributed by atoms with E-state index in [2.05, 4.69) is 41.5 Å². The van der Waals surface area contributed by atoms with E-state index in [-0.39, 0.29) is 68.5 Å². The highest BCUT2D eigenvalue weighted by Crippen LogP contribution is 2.75. The molecule has 8 aliphatic rings. The second kappa shape index (κ2) is 12.1. The molecule has 12 heteroatoms. The van der Waals surface area contributed by atoms with Crippen molar-refractivity contribution in [1.82, 2.24) is 0 Å². The van der Waals surface area contributed by atoms with Gasteiger partial charge >= 0.3 is 23.2 Å². The third-order valence-corrected chi connectivity index (χ3v) is 16.2. The minimum Gasteiger partial charge on any atom is -0.496 e. The molecular formula is C50H52O12. The summed E-state index contributed by atoms with van der Waals surface area (Å²) >= 11 is 0. The molecule has 0 unspecified atom stereocenters. The Morgan fingerprint density at radius 2 is 0.968 bits per heavy atom. The number of cyclic esters (lactones) is 2. The quantitative estimate of drug-likeness (QED) is 0.140. The van der Waals surface area contributed by atoms with Gasteiger partial charge < -0.3 is 37.3 Å². The molecule has 2 saturated carbocycles. The first kappa shape index (κ1) is 39.3. The minimum atomic E-state index is -0.783. The van der Waals surface area contributed by atoms with Gasteiger partial charge in [-0.1, -0.05) is 67.5 Å². The van der Waals surface area contributed by atoms with Crippen LogP contribution in [0.15, 0.2) is 77.1 Å². The van der Waals surface area contributed by atoms with Crippen molar-refractivity contribution >= 4 is 33.9 Å². The normalized spacial score (nSPS) is 34.7. The number of carbonyl (C=O) groups is 2. The predicted octanol–water partition coefficient (Wildman–Crippen LogP) is 8.69. The van der Waals surface area contributed by atoms with E-state index in [0.717, 1.165) is 35.1 Å². The molecule has 6 heterocycles. The first-order valence-corrected chi connectivity index (χ1v) is 21.8. The fourth-order valence-corrected chi connectivity index (χ4v) is 14.6. The molecule has 12 nitrogen and oxygen atoms in total. The molecule has 4 aliphatic heterocycles. The van der Waals surface area contributed by atoms with E-state index in [9.17, 15) is 19.2 Å². The molecule has 62 heavy (non-hydrogen) atoms. The van der Waals surface area contributed by atoms with Crippen molar-refractivity contribution in [3.8, 4) is 23.0 Å². The molecular weight excluding hydrogens is 793 g/mol. The van der Waals surface area contributed by atoms with Gasteiger partial charge in [0.05, 0.1) is 25.3 Å². The predicted molar refractivity (Wildman–Crippen MR) is 227 cm³/mol. The van der Waals surface area contributed by atoms with Crippen molar-refractivity contribution in [2.75, 3.05) is 27.4 Å². The van der Waals surface area contributed by atoms with Crippen LogP contribution in [0, 0.1) is 33.5 Å². The van der Waals surface area contributed by atoms with Crippen LogP contribution in [0.1, 0.15) is 104 Å². The summed E-state index contributed by atoms with van der Waals surface area (Å²) in [7, 11) is 3.20. The van der Waals surface area contributed by atoms with E-state index in [0.29, 0.717) is 82.1 Å². The lowest BCUT2D eigenvalue weighted by Crippen LogP contribution is -2.54. The van der Waals surface area contributed by atoms with Crippen LogP contribution < -0.4 is 30.2 Å². The van der Waals surface area contributed by atoms with E-state index >= 15 is 0 Å². The summed E-state index contributed by atoms with van der Waals surface area (Å²) in [6, 6.07) is 10.8. The maximum Gasteiger partial charge on any atom is 0.343 e. The van der Waals surface area contributed by atoms with Gasteiger partial charge in [-0.15, -0.1) is 0 Å². The van der Waals surface area contributed by atoms with Gasteiger partial charge in [-0.05, 0) is 72.9 Å². The van der Waals surface area contributed by atoms with E-state index in [1.54, 1.807) is 38.5 Å². The first-order chi connectivity index (χ1) is 29.3. The number of benzene rings is 2. The maximum absolute atomic E-state index is 13.3. The van der Waals surface area contributed by atoms with Crippen molar-refractivity contribution in [2.45, 2.75) is 104 Å². The Morgan fingerprint density at radius 3 is 1.34 bits per heavy atom. The molecule has 2 fully saturated rings. The summed E-state index contributed by atoms with van der Waals surface area (Å²) in [4.78, 5) is 52.4. The van der Waals surface area contributed by atoms with E-state index in [1.807, 2.05) is 26.0 Å². The molecule has 2 aromatic heterocycles. The van der Waals surface area contributed by atoms with Crippen LogP contribution in [0.4, 0.5) is 0 Å². The van der Waals surface area contributed by atoms with Gasteiger partial charge in [-0.2, -0.15) is 0 Å². The lowest BCUT2D eigenvalue weighted by molar-refractivity contribution is -0.146. The molecule has 2 aromatic carbocycles. The Morgan fingerprint density at radius 1 is 0.581 bits per heavy atom. The van der Waals surface area contributed by atoms with Crippen LogP contribution in [0.3, 0.4) is 0 Å². The highest BCUT2D eigenvalue weighted by atomic mass is 16.5. The third kappa shape index (κ3) is 4.48. The van der Waals surface area contributed by atoms with Gasteiger partial charge in [0.15, 0.2) is 0 Å². The summed E-state index contributed by atoms with van der Waals surface area (Å²) in [5.74, 6) is 1.38. The van der Waals surface area contributed by atoms with Crippen LogP contribution in [-0.2, 0) is 19.1 Å². The lowest BCUT2D eigenvalue weighted by Gasteiger charge is -2.49. The fourth-order valence-electron chi connectivity index (χ4n) is 14.6. The topological polar surface area (TPSA) is 150 Å². The number of methoxy groups -OCH3 is 2. The zero-order chi connectivity index (χ0) is 43.8. The van der Waals surface area contributed by atoms with Crippen molar-refractivity contribution in [1.29, 1.82) is 0 Å². The van der Waals surface area contributed by atoms with Gasteiger partial charge in [0.1, 0.15) is 69.4 Å². The van der Waals surface area contributed by atoms with E-state index in [4.69, 9.17) is 37.3 Å². The van der Waals surface area contributed by atoms with Crippen molar-refractivity contribution in [3.63, 3.8) is 0 Å². The number of esters is 2. The summed E-state index contributed by atoms with van der Waals surface area (Å²) in [5, 5.41) is 1.36. The molecule has 0 amide bonds. The summed E-state index contributed by atoms with van der Waals surface area (Å²) < 4.78 is 48.0. The second-order valence-corrected chi connectivity index (χ2v) is 21.0. The summed E-state index contributed by atoms with van der Waals surface area (Å²) in [5.41, 5.74) is 2.02. The Kier molecular flexibility index (Phi) is 7.70. The Labute approximate surface area is 358 Å². The Bertz CT molecular complexity index is 2730. The first-order valence-electron chi connectivity index (χ1n) is 21.8. The molecule has 4 aromatic rings. The monoisotopic (exact) mass is 844 g/mol. The zero-order valence-electron chi connectivity index (χ0n) is 36.9. The smallest absolute Gasteiger partial charge is 0.343 e. The van der Waals surface area contributed by atoms with Gasteiger partial charge in [0.2, 0.25) is 0 Å². The minimum absolute atomic E-state index is 0.0311. The fraction of sp³-hybridized carbons (Fsp3) is 0.520. The van der Waals surface area contributed by atoms with Gasteiger partial charge in [-0.3, -0.25) is 0 Å². The molecule has 8 atom stereocenters. The molecule has 0 saturated heterocycles. The SMILES string of the molecule is COc1cccc2oc(=O)c3c(c12)O[C@]12C4=C(C(=O)OC[C@@]4(C)CC1(C)C)[C@H](C)C[C@@H]32.COc1cccc2oc(=O)c3c(c12)O[C@]12C4=C(C(=O)OC[C@@]4(C)CC1(C)C)[C@H](C)C[C@@H]32. The van der Waals surface area contributed by atoms with Crippen LogP contribution in [0.25, 0.3) is 21.9 Å². The number of carbonyl (C=O) groups excluding carboxylic acids is 2. The van der Waals surface area contributed by atoms with E-state index < -0.39 is 11.2 Å². The molecule has 2 spiro atoms. The number of ether oxygens (including phenoxy) is 6. The third-order valence-electron chi connectivity index (χ3n) is 16.2. The average Bonchev–Trinajstić information content (AvgIpc) is 3.86. The second-order valence-electron chi connectivity index (χ2n) is 21.0. The van der Waals surface area contributed by atoms with Gasteiger partial charge in [-0.25, -0.2) is 19.2 Å². The number of fused-ring (bicyclic) bond motifs is 8. The highest BCUT2D eigenvalue weighted by Gasteiger charge is 2.75. The molecule has 4 aliphatic carbocycles. The molecule has 0 bridgehead atoms. The number of rotatable bonds is 2. The van der Waals surface area contributed by atoms with Crippen LogP contribution in [0.5, 0.6) is 23.0 Å². The van der Waals surface area contributed by atoms with Crippen LogP contribution in [0.2, 0.25) is 0 Å². The Balaban J connectivity index is 0.000000139. The highest BCUT2D eigenvalue weighted by molar-refractivity contribution is 5.96. The number of hydrogen-bond donors (Lipinski definition) is 0. The zero-order valence-corrected chi connectivity index (χ0v) is 36.9. The van der Waals surface area contributed by atoms with Crippen molar-refractivity contribution in [2.24, 2.45) is 33.5 Å². The Hall–Kier alpha value is -5.52. The summed E-state index contributed by atoms with van der Waals surface area (Å²) in [6.45, 7) is 17.8. The van der Waals surface area contributed by atoms with Crippen molar-refractivity contribution < 1.29 is 46.8 Å². The standard InChI is InChI=1S/2C25H26O6/c2*1-12-9-13-17-19(18-14(28-5)7-6-8-15(18)30-22(17)27)31-25(13)20-16(12)21(26)29-11-24(20,4)10-23(25,2)3/h2*6-8,12-13H,9-11H2,1-5H3/t2*12-,13+,24-,25-/m11/s1. The average molecular weight is 845 g/mol. The van der Waals surface area contributed by atoms with Crippen LogP contribution in [-0.4, -0.2) is 50.6 Å². The van der Waals surface area contributed by atoms with Crippen LogP contribution >= 0.6 is 0 Å².